The van der Waals surface area contributed by atoms with Gasteiger partial charge in [-0.3, -0.25) is 9.69 Å². The number of amides is 1. The summed E-state index contributed by atoms with van der Waals surface area (Å²) in [5, 5.41) is 5.99. The van der Waals surface area contributed by atoms with Gasteiger partial charge in [0.2, 0.25) is 5.91 Å². The predicted octanol–water partition coefficient (Wildman–Crippen LogP) is 4.99. The molecule has 1 saturated carbocycles. The van der Waals surface area contributed by atoms with Crippen LogP contribution >= 0.6 is 11.3 Å². The van der Waals surface area contributed by atoms with Gasteiger partial charge >= 0.3 is 5.97 Å². The Bertz CT molecular complexity index is 1070. The number of nitrogens with zero attached hydrogens (tertiary/aromatic N) is 1. The molecule has 1 heterocycles. The van der Waals surface area contributed by atoms with Gasteiger partial charge in [-0.15, -0.1) is 11.3 Å². The summed E-state index contributed by atoms with van der Waals surface area (Å²) < 4.78 is 4.82. The highest BCUT2D eigenvalue weighted by Gasteiger charge is 2.29. The third-order valence-electron chi connectivity index (χ3n) is 5.46. The molecule has 30 heavy (non-hydrogen) atoms. The zero-order valence-electron chi connectivity index (χ0n) is 17.3. The lowest BCUT2D eigenvalue weighted by Crippen LogP contribution is -2.29. The first-order valence-corrected chi connectivity index (χ1v) is 11.1. The lowest BCUT2D eigenvalue weighted by atomic mass is 10.0. The molecular weight excluding hydrogens is 396 g/mol. The SMILES string of the molecule is COC(=O)c1cc(C)sc1NC(=O)CCN(Cc1cccc2ccccc12)C1CC1. The highest BCUT2D eigenvalue weighted by molar-refractivity contribution is 7.16. The number of anilines is 1. The van der Waals surface area contributed by atoms with E-state index in [0.29, 0.717) is 29.6 Å². The molecule has 1 N–H and O–H groups in total. The number of benzene rings is 2. The Hall–Kier alpha value is -2.70. The number of esters is 1. The van der Waals surface area contributed by atoms with Crippen LogP contribution in [0.1, 0.15) is 40.1 Å². The van der Waals surface area contributed by atoms with Crippen LogP contribution in [0.15, 0.2) is 48.5 Å². The van der Waals surface area contributed by atoms with Crippen molar-refractivity contribution in [2.75, 3.05) is 19.0 Å². The zero-order valence-corrected chi connectivity index (χ0v) is 18.1. The van der Waals surface area contributed by atoms with Crippen LogP contribution in [0.4, 0.5) is 5.00 Å². The second kappa shape index (κ2) is 8.98. The second-order valence-electron chi connectivity index (χ2n) is 7.73. The molecule has 2 aromatic carbocycles. The van der Waals surface area contributed by atoms with Gasteiger partial charge in [0, 0.05) is 30.4 Å². The molecule has 0 unspecified atom stereocenters. The van der Waals surface area contributed by atoms with Crippen LogP contribution in [0.3, 0.4) is 0 Å². The van der Waals surface area contributed by atoms with Crippen LogP contribution in [0.2, 0.25) is 0 Å². The monoisotopic (exact) mass is 422 g/mol. The van der Waals surface area contributed by atoms with Crippen LogP contribution < -0.4 is 5.32 Å². The molecule has 1 aromatic heterocycles. The van der Waals surface area contributed by atoms with E-state index < -0.39 is 5.97 Å². The Morgan fingerprint density at radius 3 is 2.70 bits per heavy atom. The minimum atomic E-state index is -0.426. The smallest absolute Gasteiger partial charge is 0.340 e. The minimum Gasteiger partial charge on any atom is -0.465 e. The van der Waals surface area contributed by atoms with Gasteiger partial charge in [0.15, 0.2) is 0 Å². The van der Waals surface area contributed by atoms with Crippen molar-refractivity contribution in [2.24, 2.45) is 0 Å². The lowest BCUT2D eigenvalue weighted by Gasteiger charge is -2.22. The van der Waals surface area contributed by atoms with E-state index in [-0.39, 0.29) is 5.91 Å². The van der Waals surface area contributed by atoms with Gasteiger partial charge < -0.3 is 10.1 Å². The van der Waals surface area contributed by atoms with Gasteiger partial charge in [-0.25, -0.2) is 4.79 Å². The summed E-state index contributed by atoms with van der Waals surface area (Å²) in [4.78, 5) is 27.9. The topological polar surface area (TPSA) is 58.6 Å². The third kappa shape index (κ3) is 4.71. The number of carbonyl (C=O) groups is 2. The molecule has 4 rings (SSSR count). The van der Waals surface area contributed by atoms with E-state index in [4.69, 9.17) is 4.74 Å². The number of carbonyl (C=O) groups excluding carboxylic acids is 2. The lowest BCUT2D eigenvalue weighted by molar-refractivity contribution is -0.116. The summed E-state index contributed by atoms with van der Waals surface area (Å²) in [5.74, 6) is -0.504. The van der Waals surface area contributed by atoms with Crippen LogP contribution in [-0.4, -0.2) is 36.5 Å². The van der Waals surface area contributed by atoms with Gasteiger partial charge in [0.25, 0.3) is 0 Å². The number of fused-ring (bicyclic) bond motifs is 1. The van der Waals surface area contributed by atoms with Crippen molar-refractivity contribution in [3.8, 4) is 0 Å². The maximum Gasteiger partial charge on any atom is 0.340 e. The van der Waals surface area contributed by atoms with Crippen molar-refractivity contribution in [1.29, 1.82) is 0 Å². The minimum absolute atomic E-state index is 0.0782. The van der Waals surface area contributed by atoms with E-state index >= 15 is 0 Å². The Kier molecular flexibility index (Phi) is 6.16. The molecule has 5 nitrogen and oxygen atoms in total. The zero-order chi connectivity index (χ0) is 21.1. The quantitative estimate of drug-likeness (QED) is 0.520. The second-order valence-corrected chi connectivity index (χ2v) is 8.99. The first kappa shape index (κ1) is 20.6. The first-order chi connectivity index (χ1) is 14.5. The Labute approximate surface area is 180 Å². The largest absolute Gasteiger partial charge is 0.465 e. The molecule has 1 aliphatic rings. The molecule has 1 aliphatic carbocycles. The van der Waals surface area contributed by atoms with E-state index in [1.54, 1.807) is 6.07 Å². The molecule has 1 amide bonds. The number of rotatable bonds is 8. The molecule has 6 heteroatoms. The van der Waals surface area contributed by atoms with E-state index in [2.05, 4.69) is 52.7 Å². The molecular formula is C24H26N2O3S. The molecule has 156 valence electrons. The van der Waals surface area contributed by atoms with E-state index in [9.17, 15) is 9.59 Å². The summed E-state index contributed by atoms with van der Waals surface area (Å²) in [5.41, 5.74) is 1.71. The van der Waals surface area contributed by atoms with Crippen molar-refractivity contribution in [3.63, 3.8) is 0 Å². The summed E-state index contributed by atoms with van der Waals surface area (Å²) in [6.07, 6.45) is 2.75. The van der Waals surface area contributed by atoms with Crippen molar-refractivity contribution in [1.82, 2.24) is 4.90 Å². The maximum atomic E-state index is 12.6. The van der Waals surface area contributed by atoms with Crippen LogP contribution in [0, 0.1) is 6.92 Å². The number of hydrogen-bond acceptors (Lipinski definition) is 5. The van der Waals surface area contributed by atoms with E-state index in [1.807, 2.05) is 6.92 Å². The fraction of sp³-hybridized carbons (Fsp3) is 0.333. The molecule has 0 aliphatic heterocycles. The number of methoxy groups -OCH3 is 1. The van der Waals surface area contributed by atoms with Crippen LogP contribution in [0.25, 0.3) is 10.8 Å². The molecule has 1 fully saturated rings. The van der Waals surface area contributed by atoms with Gasteiger partial charge in [-0.05, 0) is 42.2 Å². The van der Waals surface area contributed by atoms with Crippen molar-refractivity contribution >= 4 is 39.0 Å². The number of thiophene rings is 1. The Morgan fingerprint density at radius 2 is 1.93 bits per heavy atom. The third-order valence-corrected chi connectivity index (χ3v) is 6.42. The fourth-order valence-corrected chi connectivity index (χ4v) is 4.70. The number of aryl methyl sites for hydroxylation is 1. The van der Waals surface area contributed by atoms with E-state index in [0.717, 1.165) is 11.4 Å². The average Bonchev–Trinajstić information content (AvgIpc) is 3.53. The van der Waals surface area contributed by atoms with Crippen LogP contribution in [-0.2, 0) is 16.1 Å². The van der Waals surface area contributed by atoms with Gasteiger partial charge in [-0.2, -0.15) is 0 Å². The van der Waals surface area contributed by atoms with E-state index in [1.165, 1.54) is 47.6 Å². The molecule has 3 aromatic rings. The van der Waals surface area contributed by atoms with Crippen LogP contribution in [0.5, 0.6) is 0 Å². The van der Waals surface area contributed by atoms with Gasteiger partial charge in [0.1, 0.15) is 5.00 Å². The highest BCUT2D eigenvalue weighted by Crippen LogP contribution is 2.31. The van der Waals surface area contributed by atoms with Crippen molar-refractivity contribution in [2.45, 2.75) is 38.8 Å². The first-order valence-electron chi connectivity index (χ1n) is 10.2. The highest BCUT2D eigenvalue weighted by atomic mass is 32.1. The number of ether oxygens (including phenoxy) is 1. The molecule has 0 spiro atoms. The summed E-state index contributed by atoms with van der Waals surface area (Å²) >= 11 is 1.40. The summed E-state index contributed by atoms with van der Waals surface area (Å²) in [7, 11) is 1.35. The number of hydrogen-bond donors (Lipinski definition) is 1. The standard InChI is InChI=1S/C24H26N2O3S/c1-16-14-21(24(28)29-2)23(30-16)25-22(27)12-13-26(19-10-11-19)15-18-8-5-7-17-6-3-4-9-20(17)18/h3-9,14,19H,10-13,15H2,1-2H3,(H,25,27). The van der Waals surface area contributed by atoms with Gasteiger partial charge in [0.05, 0.1) is 12.7 Å². The number of nitrogens with one attached hydrogen (secondary N) is 1. The Morgan fingerprint density at radius 1 is 1.17 bits per heavy atom. The molecule has 0 atom stereocenters. The predicted molar refractivity (Wildman–Crippen MR) is 121 cm³/mol. The maximum absolute atomic E-state index is 12.6. The average molecular weight is 423 g/mol. The van der Waals surface area contributed by atoms with Crippen molar-refractivity contribution < 1.29 is 14.3 Å². The van der Waals surface area contributed by atoms with Crippen molar-refractivity contribution in [3.05, 3.63) is 64.5 Å². The summed E-state index contributed by atoms with van der Waals surface area (Å²) in [6.45, 7) is 3.44. The fourth-order valence-electron chi connectivity index (χ4n) is 3.78. The Balaban J connectivity index is 1.41. The molecule has 0 bridgehead atoms. The normalized spacial score (nSPS) is 13.6. The summed E-state index contributed by atoms with van der Waals surface area (Å²) in [6, 6.07) is 17.1. The van der Waals surface area contributed by atoms with Gasteiger partial charge in [-0.1, -0.05) is 42.5 Å². The molecule has 0 saturated heterocycles. The molecule has 0 radical (unpaired) electrons.